The van der Waals surface area contributed by atoms with Crippen LogP contribution in [0, 0.1) is 6.92 Å². The predicted octanol–water partition coefficient (Wildman–Crippen LogP) is 2.69. The number of carbonyl (C=O) groups excluding carboxylic acids is 2. The smallest absolute Gasteiger partial charge is 0.249 e. The Morgan fingerprint density at radius 1 is 1.37 bits per heavy atom. The number of nitrogens with zero attached hydrogens (tertiary/aromatic N) is 1. The largest absolute Gasteiger partial charge is 0.335 e. The Labute approximate surface area is 118 Å². The Morgan fingerprint density at radius 3 is 2.89 bits per heavy atom. The van der Waals surface area contributed by atoms with Gasteiger partial charge in [0.25, 0.3) is 0 Å². The molecule has 0 spiro atoms. The second kappa shape index (κ2) is 4.49. The number of aryl methyl sites for hydroxylation is 1. The highest BCUT2D eigenvalue weighted by molar-refractivity contribution is 9.10. The molecule has 2 aromatic rings. The van der Waals surface area contributed by atoms with Gasteiger partial charge in [-0.1, -0.05) is 15.9 Å². The molecule has 0 bridgehead atoms. The second-order valence-corrected chi connectivity index (χ2v) is 5.76. The second-order valence-electron chi connectivity index (χ2n) is 4.85. The molecule has 19 heavy (non-hydrogen) atoms. The number of halogens is 1. The van der Waals surface area contributed by atoms with Crippen LogP contribution in [-0.4, -0.2) is 16.4 Å². The molecule has 3 rings (SSSR count). The topological polar surface area (TPSA) is 51.1 Å². The van der Waals surface area contributed by atoms with Gasteiger partial charge >= 0.3 is 0 Å². The van der Waals surface area contributed by atoms with Crippen LogP contribution in [0.1, 0.15) is 24.4 Å². The molecule has 1 unspecified atom stereocenters. The summed E-state index contributed by atoms with van der Waals surface area (Å²) in [6.45, 7) is 2.02. The van der Waals surface area contributed by atoms with Crippen molar-refractivity contribution in [1.29, 1.82) is 0 Å². The van der Waals surface area contributed by atoms with Crippen molar-refractivity contribution in [3.63, 3.8) is 0 Å². The third kappa shape index (κ3) is 2.08. The van der Waals surface area contributed by atoms with Gasteiger partial charge in [-0.2, -0.15) is 0 Å². The Balaban J connectivity index is 2.10. The van der Waals surface area contributed by atoms with Crippen molar-refractivity contribution in [2.24, 2.45) is 0 Å². The first kappa shape index (κ1) is 12.4. The number of nitrogens with one attached hydrogen (secondary N) is 1. The highest BCUT2D eigenvalue weighted by Crippen LogP contribution is 2.29. The number of amides is 2. The molecule has 1 aliphatic rings. The molecule has 98 valence electrons. The average molecular weight is 321 g/mol. The van der Waals surface area contributed by atoms with Gasteiger partial charge in [0.15, 0.2) is 0 Å². The zero-order chi connectivity index (χ0) is 13.6. The van der Waals surface area contributed by atoms with Crippen molar-refractivity contribution in [3.05, 3.63) is 34.4 Å². The Morgan fingerprint density at radius 2 is 2.16 bits per heavy atom. The van der Waals surface area contributed by atoms with Crippen LogP contribution in [0.2, 0.25) is 0 Å². The van der Waals surface area contributed by atoms with Crippen molar-refractivity contribution in [3.8, 4) is 0 Å². The maximum atomic E-state index is 12.0. The molecule has 1 N–H and O–H groups in total. The molecular weight excluding hydrogens is 308 g/mol. The SMILES string of the molecule is Cc1cn(C2CCC(=O)NC2=O)c2ccc(Br)cc12. The third-order valence-corrected chi connectivity index (χ3v) is 4.03. The van der Waals surface area contributed by atoms with Gasteiger partial charge < -0.3 is 4.57 Å². The lowest BCUT2D eigenvalue weighted by atomic mass is 10.1. The molecule has 1 saturated heterocycles. The molecule has 0 radical (unpaired) electrons. The first-order valence-corrected chi connectivity index (χ1v) is 6.96. The predicted molar refractivity (Wildman–Crippen MR) is 75.8 cm³/mol. The third-order valence-electron chi connectivity index (χ3n) is 3.54. The molecule has 1 aromatic heterocycles. The van der Waals surface area contributed by atoms with Crippen LogP contribution in [0.4, 0.5) is 0 Å². The van der Waals surface area contributed by atoms with Gasteiger partial charge in [-0.15, -0.1) is 0 Å². The fourth-order valence-electron chi connectivity index (χ4n) is 2.60. The fraction of sp³-hybridized carbons (Fsp3) is 0.286. The van der Waals surface area contributed by atoms with E-state index in [0.717, 1.165) is 20.9 Å². The number of carbonyl (C=O) groups is 2. The summed E-state index contributed by atoms with van der Waals surface area (Å²) in [6.07, 6.45) is 2.94. The molecular formula is C14H13BrN2O2. The zero-order valence-electron chi connectivity index (χ0n) is 10.4. The highest BCUT2D eigenvalue weighted by Gasteiger charge is 2.28. The van der Waals surface area contributed by atoms with E-state index >= 15 is 0 Å². The van der Waals surface area contributed by atoms with Crippen LogP contribution in [0.15, 0.2) is 28.9 Å². The van der Waals surface area contributed by atoms with Gasteiger partial charge in [0, 0.05) is 28.0 Å². The highest BCUT2D eigenvalue weighted by atomic mass is 79.9. The Bertz CT molecular complexity index is 690. The lowest BCUT2D eigenvalue weighted by Gasteiger charge is -2.23. The summed E-state index contributed by atoms with van der Waals surface area (Å²) in [6, 6.07) is 5.71. The minimum atomic E-state index is -0.296. The van der Waals surface area contributed by atoms with Crippen molar-refractivity contribution in [2.45, 2.75) is 25.8 Å². The monoisotopic (exact) mass is 320 g/mol. The molecule has 1 aliphatic heterocycles. The van der Waals surface area contributed by atoms with E-state index in [2.05, 4.69) is 21.2 Å². The number of fused-ring (bicyclic) bond motifs is 1. The number of benzene rings is 1. The normalized spacial score (nSPS) is 19.8. The summed E-state index contributed by atoms with van der Waals surface area (Å²) in [5, 5.41) is 3.53. The van der Waals surface area contributed by atoms with Gasteiger partial charge in [-0.3, -0.25) is 14.9 Å². The van der Waals surface area contributed by atoms with Crippen molar-refractivity contribution in [2.75, 3.05) is 0 Å². The lowest BCUT2D eigenvalue weighted by molar-refractivity contribution is -0.135. The molecule has 1 fully saturated rings. The Kier molecular flexibility index (Phi) is 2.93. The standard InChI is InChI=1S/C14H13BrN2O2/c1-8-7-17(11-3-2-9(15)6-10(8)11)12-4-5-13(18)16-14(12)19/h2-3,6-7,12H,4-5H2,1H3,(H,16,18,19). The van der Waals surface area contributed by atoms with Crippen molar-refractivity contribution >= 4 is 38.6 Å². The van der Waals surface area contributed by atoms with Crippen LogP contribution >= 0.6 is 15.9 Å². The lowest BCUT2D eigenvalue weighted by Crippen LogP contribution is -2.41. The van der Waals surface area contributed by atoms with E-state index in [1.54, 1.807) is 0 Å². The quantitative estimate of drug-likeness (QED) is 0.821. The van der Waals surface area contributed by atoms with E-state index < -0.39 is 0 Å². The van der Waals surface area contributed by atoms with E-state index in [0.29, 0.717) is 12.8 Å². The summed E-state index contributed by atoms with van der Waals surface area (Å²) in [7, 11) is 0. The summed E-state index contributed by atoms with van der Waals surface area (Å²) in [5.41, 5.74) is 2.15. The van der Waals surface area contributed by atoms with Gasteiger partial charge in [0.2, 0.25) is 11.8 Å². The fourth-order valence-corrected chi connectivity index (χ4v) is 2.96. The zero-order valence-corrected chi connectivity index (χ0v) is 12.0. The Hall–Kier alpha value is -1.62. The van der Waals surface area contributed by atoms with Crippen molar-refractivity contribution < 1.29 is 9.59 Å². The maximum Gasteiger partial charge on any atom is 0.249 e. The molecule has 0 aliphatic carbocycles. The van der Waals surface area contributed by atoms with Crippen LogP contribution in [-0.2, 0) is 9.59 Å². The molecule has 4 nitrogen and oxygen atoms in total. The average Bonchev–Trinajstić information content (AvgIpc) is 2.66. The summed E-state index contributed by atoms with van der Waals surface area (Å²) >= 11 is 3.46. The number of hydrogen-bond acceptors (Lipinski definition) is 2. The molecule has 2 heterocycles. The van der Waals surface area contributed by atoms with Crippen molar-refractivity contribution in [1.82, 2.24) is 9.88 Å². The van der Waals surface area contributed by atoms with Gasteiger partial charge in [-0.25, -0.2) is 0 Å². The van der Waals surface area contributed by atoms with E-state index in [9.17, 15) is 9.59 Å². The number of imide groups is 1. The summed E-state index contributed by atoms with van der Waals surface area (Å²) in [4.78, 5) is 23.2. The van der Waals surface area contributed by atoms with E-state index in [4.69, 9.17) is 0 Å². The first-order chi connectivity index (χ1) is 9.06. The maximum absolute atomic E-state index is 12.0. The number of rotatable bonds is 1. The van der Waals surface area contributed by atoms with Crippen LogP contribution < -0.4 is 5.32 Å². The van der Waals surface area contributed by atoms with Crippen LogP contribution in [0.25, 0.3) is 10.9 Å². The first-order valence-electron chi connectivity index (χ1n) is 6.16. The van der Waals surface area contributed by atoms with Gasteiger partial charge in [-0.05, 0) is 37.1 Å². The summed E-state index contributed by atoms with van der Waals surface area (Å²) < 4.78 is 2.99. The summed E-state index contributed by atoms with van der Waals surface area (Å²) in [5.74, 6) is -0.395. The van der Waals surface area contributed by atoms with Gasteiger partial charge in [0.1, 0.15) is 6.04 Å². The molecule has 0 saturated carbocycles. The van der Waals surface area contributed by atoms with E-state index in [1.807, 2.05) is 35.9 Å². The van der Waals surface area contributed by atoms with Gasteiger partial charge in [0.05, 0.1) is 0 Å². The molecule has 1 atom stereocenters. The van der Waals surface area contributed by atoms with Crippen LogP contribution in [0.3, 0.4) is 0 Å². The van der Waals surface area contributed by atoms with Crippen LogP contribution in [0.5, 0.6) is 0 Å². The number of piperidine rings is 1. The number of aromatic nitrogens is 1. The molecule has 5 heteroatoms. The van der Waals surface area contributed by atoms with E-state index in [-0.39, 0.29) is 17.9 Å². The van der Waals surface area contributed by atoms with E-state index in [1.165, 1.54) is 0 Å². The minimum Gasteiger partial charge on any atom is -0.335 e. The molecule has 2 amide bonds. The number of hydrogen-bond donors (Lipinski definition) is 1. The molecule has 1 aromatic carbocycles. The minimum absolute atomic E-state index is 0.183.